The normalized spacial score (nSPS) is 28.4. The van der Waals surface area contributed by atoms with Crippen molar-refractivity contribution in [3.8, 4) is 5.75 Å². The van der Waals surface area contributed by atoms with Crippen molar-refractivity contribution in [3.63, 3.8) is 0 Å². The molecule has 15 atom stereocenters. The molecule has 1 aromatic rings. The second kappa shape index (κ2) is 31.3. The largest absolute Gasteiger partial charge is 0.508 e. The van der Waals surface area contributed by atoms with Crippen LogP contribution < -0.4 is 43.4 Å². The van der Waals surface area contributed by atoms with E-state index in [1.807, 2.05) is 0 Å². The molecule has 430 valence electrons. The predicted octanol–water partition coefficient (Wildman–Crippen LogP) is -3.70. The Bertz CT molecular complexity index is 2040. The van der Waals surface area contributed by atoms with E-state index in [0.717, 1.165) is 48.3 Å². The van der Waals surface area contributed by atoms with E-state index >= 15 is 0 Å². The highest BCUT2D eigenvalue weighted by Crippen LogP contribution is 2.26. The summed E-state index contributed by atoms with van der Waals surface area (Å²) in [6.07, 6.45) is -5.18. The molecule has 4 rings (SSSR count). The molecule has 1 unspecified atom stereocenters. The number of nitrogens with two attached hydrogens (primary N) is 2. The molecule has 0 saturated carbocycles. The number of aromatic hydroxyl groups is 1. The SMILES string of the molecule is CC[C@H](C)C[C@H](C)CCCCCCCCC(=O)N[C@H]1C[C@@H](O)[C@H](NCCN)NC(=O)[C@@H]2[C@@H](O)CCN2C(=O)[C@H]([C@H](O)CCN)NC(=O)C([C@H](O)[C@@H](O)c2ccc(O)cc2)NC(=O)[C@@H]2C[C@@H](O)CN2C(=O)[C@H](CO)NC1=O. The van der Waals surface area contributed by atoms with Crippen molar-refractivity contribution in [3.05, 3.63) is 29.8 Å². The van der Waals surface area contributed by atoms with Gasteiger partial charge in [0.1, 0.15) is 60.4 Å². The van der Waals surface area contributed by atoms with Crippen LogP contribution in [0, 0.1) is 11.8 Å². The minimum Gasteiger partial charge on any atom is -0.508 e. The molecule has 3 saturated heterocycles. The smallest absolute Gasteiger partial charge is 0.248 e. The third-order valence-electron chi connectivity index (χ3n) is 14.6. The number of carbonyl (C=O) groups is 7. The molecule has 1 aromatic carbocycles. The van der Waals surface area contributed by atoms with Gasteiger partial charge >= 0.3 is 0 Å². The van der Waals surface area contributed by atoms with Crippen LogP contribution in [0.15, 0.2) is 24.3 Å². The molecule has 3 aliphatic rings. The summed E-state index contributed by atoms with van der Waals surface area (Å²) in [6, 6.07) is -6.33. The summed E-state index contributed by atoms with van der Waals surface area (Å²) in [6.45, 7) is 4.51. The van der Waals surface area contributed by atoms with E-state index in [1.165, 1.54) is 30.7 Å². The number of nitrogens with one attached hydrogen (secondary N) is 6. The summed E-state index contributed by atoms with van der Waals surface area (Å²) >= 11 is 0. The van der Waals surface area contributed by atoms with Crippen LogP contribution in [-0.4, -0.2) is 204 Å². The number of aliphatic hydroxyl groups excluding tert-OH is 7. The topological polar surface area (TPSA) is 412 Å². The van der Waals surface area contributed by atoms with E-state index in [-0.39, 0.29) is 56.8 Å². The minimum absolute atomic E-state index is 0.0222. The van der Waals surface area contributed by atoms with Crippen LogP contribution in [0.5, 0.6) is 5.75 Å². The maximum absolute atomic E-state index is 14.6. The van der Waals surface area contributed by atoms with E-state index in [0.29, 0.717) is 24.7 Å². The zero-order chi connectivity index (χ0) is 56.2. The lowest BCUT2D eigenvalue weighted by Crippen LogP contribution is -2.65. The fourth-order valence-corrected chi connectivity index (χ4v) is 10.1. The lowest BCUT2D eigenvalue weighted by molar-refractivity contribution is -0.148. The molecule has 25 nitrogen and oxygen atoms in total. The zero-order valence-electron chi connectivity index (χ0n) is 44.1. The first-order valence-electron chi connectivity index (χ1n) is 26.9. The second-order valence-corrected chi connectivity index (χ2v) is 20.8. The molecule has 3 aliphatic heterocycles. The van der Waals surface area contributed by atoms with Crippen molar-refractivity contribution in [2.45, 2.75) is 190 Å². The molecule has 7 amide bonds. The predicted molar refractivity (Wildman–Crippen MR) is 276 cm³/mol. The van der Waals surface area contributed by atoms with Crippen molar-refractivity contribution >= 4 is 41.4 Å². The number of phenols is 1. The maximum atomic E-state index is 14.6. The maximum Gasteiger partial charge on any atom is 0.248 e. The molecule has 3 heterocycles. The van der Waals surface area contributed by atoms with Crippen molar-refractivity contribution in [1.29, 1.82) is 0 Å². The van der Waals surface area contributed by atoms with Gasteiger partial charge in [0.05, 0.1) is 31.0 Å². The number of carbonyl (C=O) groups excluding carboxylic acids is 7. The van der Waals surface area contributed by atoms with Gasteiger partial charge in [0.2, 0.25) is 41.4 Å². The van der Waals surface area contributed by atoms with Crippen LogP contribution in [0.25, 0.3) is 0 Å². The van der Waals surface area contributed by atoms with E-state index < -0.39 is 146 Å². The number of hydrogen-bond acceptors (Lipinski definition) is 18. The highest BCUT2D eigenvalue weighted by molar-refractivity contribution is 5.98. The van der Waals surface area contributed by atoms with Gasteiger partial charge in [0, 0.05) is 45.4 Å². The van der Waals surface area contributed by atoms with Gasteiger partial charge in [-0.3, -0.25) is 38.9 Å². The van der Waals surface area contributed by atoms with Crippen LogP contribution in [0.4, 0.5) is 0 Å². The van der Waals surface area contributed by atoms with Gasteiger partial charge in [-0.25, -0.2) is 0 Å². The summed E-state index contributed by atoms with van der Waals surface area (Å²) in [5, 5.41) is 104. The Morgan fingerprint density at radius 3 is 2.05 bits per heavy atom. The Labute approximate surface area is 444 Å². The van der Waals surface area contributed by atoms with Crippen molar-refractivity contribution in [2.24, 2.45) is 23.3 Å². The Kier molecular flexibility index (Phi) is 26.2. The van der Waals surface area contributed by atoms with Crippen molar-refractivity contribution < 1.29 is 74.4 Å². The number of benzene rings is 1. The van der Waals surface area contributed by atoms with E-state index in [2.05, 4.69) is 52.7 Å². The number of unbranched alkanes of at least 4 members (excludes halogenated alkanes) is 5. The summed E-state index contributed by atoms with van der Waals surface area (Å²) in [5.74, 6) is -6.42. The molecule has 0 aliphatic carbocycles. The van der Waals surface area contributed by atoms with E-state index in [1.54, 1.807) is 0 Å². The van der Waals surface area contributed by atoms with Crippen LogP contribution in [-0.2, 0) is 33.6 Å². The minimum atomic E-state index is -2.27. The summed E-state index contributed by atoms with van der Waals surface area (Å²) in [5.41, 5.74) is 11.5. The first-order valence-corrected chi connectivity index (χ1v) is 26.9. The number of nitrogens with zero attached hydrogens (tertiary/aromatic N) is 2. The zero-order valence-corrected chi connectivity index (χ0v) is 44.1. The molecular weight excluding hydrogens is 993 g/mol. The number of phenolic OH excluding ortho intramolecular Hbond substituents is 1. The Balaban J connectivity index is 1.71. The molecule has 0 spiro atoms. The first kappa shape index (κ1) is 63.4. The average Bonchev–Trinajstić information content (AvgIpc) is 3.99. The third-order valence-corrected chi connectivity index (χ3v) is 14.6. The van der Waals surface area contributed by atoms with Gasteiger partial charge in [-0.2, -0.15) is 0 Å². The average molecular weight is 1080 g/mol. The number of rotatable bonds is 23. The molecule has 0 radical (unpaired) electrons. The Morgan fingerprint density at radius 1 is 0.750 bits per heavy atom. The fourth-order valence-electron chi connectivity index (χ4n) is 10.1. The van der Waals surface area contributed by atoms with Gasteiger partial charge < -0.3 is 88.7 Å². The summed E-state index contributed by atoms with van der Waals surface area (Å²) in [4.78, 5) is 101. The van der Waals surface area contributed by atoms with Gasteiger partial charge in [0.15, 0.2) is 0 Å². The number of amides is 7. The number of hydrogen-bond donors (Lipinski definition) is 16. The third kappa shape index (κ3) is 18.3. The number of fused-ring (bicyclic) bond motifs is 2. The first-order chi connectivity index (χ1) is 36.1. The Morgan fingerprint density at radius 2 is 1.41 bits per heavy atom. The van der Waals surface area contributed by atoms with Crippen LogP contribution in [0.1, 0.15) is 122 Å². The van der Waals surface area contributed by atoms with Crippen LogP contribution >= 0.6 is 0 Å². The standard InChI is InChI=1S/C51H86N10O15/c1-4-28(2)23-29(3)11-9-7-5-6-8-10-12-39(68)55-33-25-38(67)45(54-21-20-53)59-49(74)42-37(66)18-22-60(42)51(76)40(36(65)17-19-52)57-48(73)41(44(70)43(69)30-13-15-31(63)16-14-30)58-47(72)35-24-32(64)26-61(35)50(75)34(27-62)56-46(33)71/h13-16,28-29,32-38,40-45,54,62-67,69-70H,4-12,17-27,52-53H2,1-3H3,(H,55,68)(H,56,71)(H,57,73)(H,58,72)(H,59,74)/t28-,29+,32+,33-,34-,35-,36+,37-,38+,40-,41?,42-,43-,44-,45+/m0/s1. The number of aliphatic hydroxyl groups is 7. The van der Waals surface area contributed by atoms with Gasteiger partial charge in [-0.1, -0.05) is 77.8 Å². The fraction of sp³-hybridized carbons (Fsp3) is 0.745. The van der Waals surface area contributed by atoms with Crippen molar-refractivity contribution in [2.75, 3.05) is 39.3 Å². The molecule has 25 heteroatoms. The quantitative estimate of drug-likeness (QED) is 0.0469. The van der Waals surface area contributed by atoms with Crippen molar-refractivity contribution in [1.82, 2.24) is 41.7 Å². The Hall–Kier alpha value is -5.09. The lowest BCUT2D eigenvalue weighted by Gasteiger charge is -2.35. The van der Waals surface area contributed by atoms with E-state index in [9.17, 15) is 74.4 Å². The highest BCUT2D eigenvalue weighted by atomic mass is 16.3. The van der Waals surface area contributed by atoms with E-state index in [4.69, 9.17) is 11.5 Å². The highest BCUT2D eigenvalue weighted by Gasteiger charge is 2.48. The summed E-state index contributed by atoms with van der Waals surface area (Å²) in [7, 11) is 0. The molecule has 0 bridgehead atoms. The van der Waals surface area contributed by atoms with Crippen LogP contribution in [0.3, 0.4) is 0 Å². The molecule has 18 N–H and O–H groups in total. The molecular formula is C51H86N10O15. The molecule has 0 aromatic heterocycles. The van der Waals surface area contributed by atoms with Gasteiger partial charge in [0.25, 0.3) is 0 Å². The lowest BCUT2D eigenvalue weighted by atomic mass is 9.91. The summed E-state index contributed by atoms with van der Waals surface area (Å²) < 4.78 is 0. The van der Waals surface area contributed by atoms with Crippen LogP contribution in [0.2, 0.25) is 0 Å². The van der Waals surface area contributed by atoms with Gasteiger partial charge in [-0.05, 0) is 61.8 Å². The second-order valence-electron chi connectivity index (χ2n) is 20.8. The van der Waals surface area contributed by atoms with Gasteiger partial charge in [-0.15, -0.1) is 0 Å². The molecule has 76 heavy (non-hydrogen) atoms. The molecule has 3 fully saturated rings. The monoisotopic (exact) mass is 1080 g/mol.